The van der Waals surface area contributed by atoms with E-state index < -0.39 is 0 Å². The molecule has 1 aromatic heterocycles. The lowest BCUT2D eigenvalue weighted by Gasteiger charge is -2.35. The minimum atomic E-state index is 0.163. The third kappa shape index (κ3) is 4.37. The second-order valence-electron chi connectivity index (χ2n) is 6.61. The van der Waals surface area contributed by atoms with Gasteiger partial charge in [0.1, 0.15) is 18.0 Å². The number of thioether (sulfide) groups is 1. The van der Waals surface area contributed by atoms with E-state index in [1.165, 1.54) is 0 Å². The fraction of sp³-hybridized carbons (Fsp3) is 0.722. The van der Waals surface area contributed by atoms with Crippen LogP contribution in [0.4, 0.5) is 11.6 Å². The van der Waals surface area contributed by atoms with Crippen LogP contribution in [-0.4, -0.2) is 71.5 Å². The lowest BCUT2D eigenvalue weighted by Crippen LogP contribution is -2.42. The van der Waals surface area contributed by atoms with E-state index in [1.807, 2.05) is 16.7 Å². The van der Waals surface area contributed by atoms with Crippen LogP contribution in [0.3, 0.4) is 0 Å². The number of rotatable bonds is 5. The number of hydrogen-bond donors (Lipinski definition) is 0. The molecule has 1 aromatic rings. The molecule has 6 nitrogen and oxygen atoms in total. The molecule has 0 unspecified atom stereocenters. The van der Waals surface area contributed by atoms with Crippen molar-refractivity contribution in [2.75, 3.05) is 60.6 Å². The van der Waals surface area contributed by atoms with E-state index in [2.05, 4.69) is 39.7 Å². The Kier molecular flexibility index (Phi) is 6.39. The van der Waals surface area contributed by atoms with Crippen molar-refractivity contribution >= 4 is 29.3 Å². The first-order valence-electron chi connectivity index (χ1n) is 9.41. The van der Waals surface area contributed by atoms with Gasteiger partial charge >= 0.3 is 0 Å². The number of anilines is 2. The number of carbonyl (C=O) groups is 1. The lowest BCUT2D eigenvalue weighted by molar-refractivity contribution is -0.135. The number of carbonyl (C=O) groups excluding carboxylic acids is 1. The molecule has 2 saturated heterocycles. The molecule has 2 fully saturated rings. The molecule has 0 saturated carbocycles. The maximum absolute atomic E-state index is 12.5. The summed E-state index contributed by atoms with van der Waals surface area (Å²) < 4.78 is 0. The van der Waals surface area contributed by atoms with Crippen LogP contribution in [0.15, 0.2) is 12.4 Å². The summed E-state index contributed by atoms with van der Waals surface area (Å²) in [5, 5.41) is 0. The third-order valence-electron chi connectivity index (χ3n) is 5.22. The molecule has 138 valence electrons. The quantitative estimate of drug-likeness (QED) is 0.799. The number of aromatic nitrogens is 2. The van der Waals surface area contributed by atoms with E-state index in [9.17, 15) is 4.79 Å². The summed E-state index contributed by atoms with van der Waals surface area (Å²) in [6.07, 6.45) is 3.50. The Morgan fingerprint density at radius 1 is 1.08 bits per heavy atom. The topological polar surface area (TPSA) is 52.6 Å². The zero-order valence-corrected chi connectivity index (χ0v) is 16.2. The Balaban J connectivity index is 1.60. The second-order valence-corrected chi connectivity index (χ2v) is 7.83. The molecule has 2 aliphatic heterocycles. The molecular weight excluding hydrogens is 334 g/mol. The first kappa shape index (κ1) is 18.3. The van der Waals surface area contributed by atoms with E-state index in [0.717, 1.165) is 75.3 Å². The largest absolute Gasteiger partial charge is 0.356 e. The normalized spacial score (nSPS) is 19.1. The number of amides is 1. The van der Waals surface area contributed by atoms with Crippen LogP contribution in [0.2, 0.25) is 0 Å². The van der Waals surface area contributed by atoms with Crippen molar-refractivity contribution in [2.24, 2.45) is 5.92 Å². The third-order valence-corrected chi connectivity index (χ3v) is 6.16. The van der Waals surface area contributed by atoms with Gasteiger partial charge in [-0.05, 0) is 26.7 Å². The van der Waals surface area contributed by atoms with Gasteiger partial charge in [0.05, 0.1) is 0 Å². The number of hydrogen-bond acceptors (Lipinski definition) is 6. The Hall–Kier alpha value is -1.50. The smallest absolute Gasteiger partial charge is 0.225 e. The zero-order chi connectivity index (χ0) is 17.6. The van der Waals surface area contributed by atoms with E-state index in [0.29, 0.717) is 5.91 Å². The van der Waals surface area contributed by atoms with Gasteiger partial charge in [-0.2, -0.15) is 11.8 Å². The predicted octanol–water partition coefficient (Wildman–Crippen LogP) is 2.11. The highest BCUT2D eigenvalue weighted by Gasteiger charge is 2.28. The maximum atomic E-state index is 12.5. The van der Waals surface area contributed by atoms with E-state index >= 15 is 0 Å². The van der Waals surface area contributed by atoms with Crippen molar-refractivity contribution in [3.05, 3.63) is 12.4 Å². The zero-order valence-electron chi connectivity index (χ0n) is 15.4. The fourth-order valence-electron chi connectivity index (χ4n) is 3.62. The van der Waals surface area contributed by atoms with Gasteiger partial charge in [-0.15, -0.1) is 0 Å². The molecule has 0 atom stereocenters. The molecule has 3 rings (SSSR count). The Labute approximate surface area is 155 Å². The Bertz CT molecular complexity index is 566. The van der Waals surface area contributed by atoms with Crippen molar-refractivity contribution in [3.8, 4) is 0 Å². The van der Waals surface area contributed by atoms with Gasteiger partial charge in [0.25, 0.3) is 0 Å². The summed E-state index contributed by atoms with van der Waals surface area (Å²) in [6.45, 7) is 9.62. The highest BCUT2D eigenvalue weighted by molar-refractivity contribution is 7.99. The summed E-state index contributed by atoms with van der Waals surface area (Å²) in [6, 6.07) is 2.11. The van der Waals surface area contributed by atoms with E-state index in [-0.39, 0.29) is 5.92 Å². The summed E-state index contributed by atoms with van der Waals surface area (Å²) in [5.74, 6) is 4.84. The molecule has 7 heteroatoms. The molecule has 0 spiro atoms. The average molecular weight is 364 g/mol. The summed E-state index contributed by atoms with van der Waals surface area (Å²) in [7, 11) is 0. The minimum Gasteiger partial charge on any atom is -0.356 e. The summed E-state index contributed by atoms with van der Waals surface area (Å²) in [5.41, 5.74) is 0. The van der Waals surface area contributed by atoms with Gasteiger partial charge in [0.15, 0.2) is 0 Å². The standard InChI is InChI=1S/C18H29N5OS/c1-3-21(4-2)18(24)15-5-7-22(8-6-15)16-13-17(20-14-19-16)23-9-11-25-12-10-23/h13-15H,3-12H2,1-2H3. The van der Waals surface area contributed by atoms with Crippen LogP contribution in [0.5, 0.6) is 0 Å². The molecule has 25 heavy (non-hydrogen) atoms. The molecule has 0 bridgehead atoms. The van der Waals surface area contributed by atoms with Gasteiger partial charge in [-0.3, -0.25) is 4.79 Å². The predicted molar refractivity (Wildman–Crippen MR) is 104 cm³/mol. The van der Waals surface area contributed by atoms with Crippen LogP contribution in [-0.2, 0) is 4.79 Å². The molecule has 0 N–H and O–H groups in total. The Morgan fingerprint density at radius 2 is 1.64 bits per heavy atom. The molecule has 2 aliphatic rings. The number of nitrogens with zero attached hydrogens (tertiary/aromatic N) is 5. The van der Waals surface area contributed by atoms with Gasteiger partial charge in [-0.1, -0.05) is 0 Å². The van der Waals surface area contributed by atoms with E-state index in [1.54, 1.807) is 6.33 Å². The van der Waals surface area contributed by atoms with Crippen molar-refractivity contribution in [1.82, 2.24) is 14.9 Å². The Morgan fingerprint density at radius 3 is 2.20 bits per heavy atom. The van der Waals surface area contributed by atoms with Crippen molar-refractivity contribution in [1.29, 1.82) is 0 Å². The molecular formula is C18H29N5OS. The van der Waals surface area contributed by atoms with Gasteiger partial charge in [0.2, 0.25) is 5.91 Å². The lowest BCUT2D eigenvalue weighted by atomic mass is 9.95. The van der Waals surface area contributed by atoms with Crippen LogP contribution in [0.1, 0.15) is 26.7 Å². The van der Waals surface area contributed by atoms with Crippen molar-refractivity contribution in [2.45, 2.75) is 26.7 Å². The molecule has 0 aliphatic carbocycles. The van der Waals surface area contributed by atoms with E-state index in [4.69, 9.17) is 0 Å². The first-order valence-corrected chi connectivity index (χ1v) is 10.6. The minimum absolute atomic E-state index is 0.163. The molecule has 0 aromatic carbocycles. The fourth-order valence-corrected chi connectivity index (χ4v) is 4.53. The van der Waals surface area contributed by atoms with Gasteiger partial charge in [0, 0.05) is 62.8 Å². The highest BCUT2D eigenvalue weighted by atomic mass is 32.2. The van der Waals surface area contributed by atoms with Gasteiger partial charge < -0.3 is 14.7 Å². The van der Waals surface area contributed by atoms with Crippen molar-refractivity contribution < 1.29 is 4.79 Å². The molecule has 3 heterocycles. The van der Waals surface area contributed by atoms with Crippen molar-refractivity contribution in [3.63, 3.8) is 0 Å². The summed E-state index contributed by atoms with van der Waals surface area (Å²) in [4.78, 5) is 28.1. The monoisotopic (exact) mass is 363 g/mol. The molecule has 1 amide bonds. The molecule has 0 radical (unpaired) electrons. The summed E-state index contributed by atoms with van der Waals surface area (Å²) >= 11 is 2.00. The van der Waals surface area contributed by atoms with Crippen LogP contribution >= 0.6 is 11.8 Å². The first-order chi connectivity index (χ1) is 12.2. The average Bonchev–Trinajstić information content (AvgIpc) is 2.70. The number of piperidine rings is 1. The highest BCUT2D eigenvalue weighted by Crippen LogP contribution is 2.26. The maximum Gasteiger partial charge on any atom is 0.225 e. The van der Waals surface area contributed by atoms with Gasteiger partial charge in [-0.25, -0.2) is 9.97 Å². The second kappa shape index (κ2) is 8.74. The van der Waals surface area contributed by atoms with Crippen LogP contribution in [0.25, 0.3) is 0 Å². The van der Waals surface area contributed by atoms with Crippen LogP contribution < -0.4 is 9.80 Å². The SMILES string of the molecule is CCN(CC)C(=O)C1CCN(c2cc(N3CCSCC3)ncn2)CC1. The van der Waals surface area contributed by atoms with Crippen LogP contribution in [0, 0.1) is 5.92 Å².